The molecule has 0 radical (unpaired) electrons. The molecule has 46 heavy (non-hydrogen) atoms. The van der Waals surface area contributed by atoms with Gasteiger partial charge < -0.3 is 14.6 Å². The van der Waals surface area contributed by atoms with E-state index in [9.17, 15) is 23.6 Å². The van der Waals surface area contributed by atoms with Crippen molar-refractivity contribution >= 4 is 40.7 Å². The Balaban J connectivity index is 0.00000185. The summed E-state index contributed by atoms with van der Waals surface area (Å²) in [6, 6.07) is 24.6. The van der Waals surface area contributed by atoms with Gasteiger partial charge in [0.2, 0.25) is 0 Å². The van der Waals surface area contributed by atoms with E-state index in [-0.39, 0.29) is 37.2 Å². The summed E-state index contributed by atoms with van der Waals surface area (Å²) in [7, 11) is 0. The Hall–Kier alpha value is -4.56. The number of benzene rings is 3. The molecular weight excluding hydrogens is 607 g/mol. The molecule has 0 aliphatic rings. The van der Waals surface area contributed by atoms with Gasteiger partial charge in [-0.15, -0.1) is 11.6 Å². The van der Waals surface area contributed by atoms with Crippen LogP contribution in [-0.4, -0.2) is 40.5 Å². The molecule has 0 unspecified atom stereocenters. The fourth-order valence-electron chi connectivity index (χ4n) is 5.19. The molecule has 9 heteroatoms. The summed E-state index contributed by atoms with van der Waals surface area (Å²) in [5, 5.41) is 3.02. The predicted octanol–water partition coefficient (Wildman–Crippen LogP) is 8.45. The number of ketones is 2. The Kier molecular flexibility index (Phi) is 13.9. The molecule has 7 nitrogen and oxygen atoms in total. The average molecular weight is 647 g/mol. The van der Waals surface area contributed by atoms with Gasteiger partial charge >= 0.3 is 5.97 Å². The number of carbonyl (C=O) groups is 4. The summed E-state index contributed by atoms with van der Waals surface area (Å²) in [5.74, 6) is -1.64. The number of carbonyl (C=O) groups excluding carboxylic acids is 4. The van der Waals surface area contributed by atoms with Crippen molar-refractivity contribution in [2.45, 2.75) is 59.4 Å². The van der Waals surface area contributed by atoms with Crippen molar-refractivity contribution in [2.75, 3.05) is 17.8 Å². The van der Waals surface area contributed by atoms with Gasteiger partial charge in [0.1, 0.15) is 18.0 Å². The molecule has 1 N–H and O–H groups in total. The molecule has 1 heterocycles. The number of halogens is 2. The molecule has 1 amide bonds. The van der Waals surface area contributed by atoms with Crippen LogP contribution in [0.25, 0.3) is 22.4 Å². The minimum Gasteiger partial charge on any atom is -0.466 e. The van der Waals surface area contributed by atoms with Crippen molar-refractivity contribution < 1.29 is 28.3 Å². The van der Waals surface area contributed by atoms with Crippen molar-refractivity contribution in [2.24, 2.45) is 0 Å². The van der Waals surface area contributed by atoms with Gasteiger partial charge in [0.25, 0.3) is 5.91 Å². The predicted molar refractivity (Wildman–Crippen MR) is 181 cm³/mol. The first kappa shape index (κ1) is 35.9. The normalized spacial score (nSPS) is 10.6. The van der Waals surface area contributed by atoms with Gasteiger partial charge in [0.05, 0.1) is 24.3 Å². The lowest BCUT2D eigenvalue weighted by Crippen LogP contribution is -2.18. The zero-order chi connectivity index (χ0) is 33.6. The molecule has 4 aromatic rings. The highest BCUT2D eigenvalue weighted by atomic mass is 35.5. The van der Waals surface area contributed by atoms with Crippen molar-refractivity contribution in [1.29, 1.82) is 0 Å². The molecule has 1 aromatic heterocycles. The number of rotatable bonds is 13. The van der Waals surface area contributed by atoms with E-state index in [1.807, 2.05) is 73.9 Å². The fourth-order valence-corrected chi connectivity index (χ4v) is 5.19. The van der Waals surface area contributed by atoms with Gasteiger partial charge in [-0.3, -0.25) is 19.2 Å². The van der Waals surface area contributed by atoms with Crippen LogP contribution in [0.3, 0.4) is 0 Å². The van der Waals surface area contributed by atoms with Gasteiger partial charge in [-0.1, -0.05) is 69.3 Å². The number of anilines is 1. The third-order valence-electron chi connectivity index (χ3n) is 6.94. The number of ether oxygens (including phenoxy) is 1. The van der Waals surface area contributed by atoms with E-state index in [0.29, 0.717) is 33.8 Å². The Morgan fingerprint density at radius 3 is 1.98 bits per heavy atom. The number of aromatic nitrogens is 1. The zero-order valence-corrected chi connectivity index (χ0v) is 27.4. The van der Waals surface area contributed by atoms with E-state index < -0.39 is 30.4 Å². The van der Waals surface area contributed by atoms with Crippen molar-refractivity contribution in [1.82, 2.24) is 4.57 Å². The van der Waals surface area contributed by atoms with Crippen molar-refractivity contribution in [3.8, 4) is 22.4 Å². The fraction of sp³-hybridized carbons (Fsp3) is 0.297. The van der Waals surface area contributed by atoms with Gasteiger partial charge in [-0.2, -0.15) is 0 Å². The quantitative estimate of drug-likeness (QED) is 0.0893. The highest BCUT2D eigenvalue weighted by molar-refractivity contribution is 6.17. The van der Waals surface area contributed by atoms with Crippen LogP contribution in [0.2, 0.25) is 0 Å². The number of hydrogen-bond donors (Lipinski definition) is 1. The second-order valence-corrected chi connectivity index (χ2v) is 11.3. The largest absolute Gasteiger partial charge is 0.466 e. The van der Waals surface area contributed by atoms with E-state index in [1.54, 1.807) is 31.2 Å². The smallest absolute Gasteiger partial charge is 0.313 e. The van der Waals surface area contributed by atoms with Crippen molar-refractivity contribution in [3.05, 3.63) is 102 Å². The van der Waals surface area contributed by atoms with Gasteiger partial charge in [-0.05, 0) is 60.4 Å². The first-order valence-electron chi connectivity index (χ1n) is 15.3. The van der Waals surface area contributed by atoms with E-state index in [4.69, 9.17) is 16.3 Å². The molecule has 0 fully saturated rings. The molecular formula is C37H40ClFN2O5. The summed E-state index contributed by atoms with van der Waals surface area (Å²) >= 11 is 5.00. The van der Waals surface area contributed by atoms with Gasteiger partial charge in [0, 0.05) is 35.8 Å². The Bertz CT molecular complexity index is 1620. The van der Waals surface area contributed by atoms with Crippen LogP contribution in [0.15, 0.2) is 84.9 Å². The second-order valence-electron chi connectivity index (χ2n) is 10.7. The van der Waals surface area contributed by atoms with E-state index in [1.165, 1.54) is 12.1 Å². The molecule has 242 valence electrons. The number of amides is 1. The lowest BCUT2D eigenvalue weighted by atomic mass is 9.94. The first-order valence-corrected chi connectivity index (χ1v) is 15.8. The Morgan fingerprint density at radius 1 is 0.826 bits per heavy atom. The summed E-state index contributed by atoms with van der Waals surface area (Å²) in [6.07, 6.45) is -0.857. The van der Waals surface area contributed by atoms with Gasteiger partial charge in [0.15, 0.2) is 5.78 Å². The monoisotopic (exact) mass is 646 g/mol. The Labute approximate surface area is 274 Å². The maximum Gasteiger partial charge on any atom is 0.313 e. The third-order valence-corrected chi connectivity index (χ3v) is 6.94. The average Bonchev–Trinajstić information content (AvgIpc) is 3.37. The zero-order valence-electron chi connectivity index (χ0n) is 26.6. The summed E-state index contributed by atoms with van der Waals surface area (Å²) in [5.41, 5.74) is 4.58. The van der Waals surface area contributed by atoms with Crippen LogP contribution >= 0.6 is 11.6 Å². The van der Waals surface area contributed by atoms with Crippen molar-refractivity contribution in [3.63, 3.8) is 0 Å². The number of hydrogen-bond acceptors (Lipinski definition) is 5. The molecule has 0 spiro atoms. The number of Topliss-reactive ketones (excluding diaryl/α,β-unsaturated/α-hetero) is 2. The molecule has 3 aromatic carbocycles. The summed E-state index contributed by atoms with van der Waals surface area (Å²) in [4.78, 5) is 51.1. The lowest BCUT2D eigenvalue weighted by molar-refractivity contribution is -0.145. The van der Waals surface area contributed by atoms with Gasteiger partial charge in [-0.25, -0.2) is 4.39 Å². The van der Waals surface area contributed by atoms with E-state index in [0.717, 1.165) is 11.4 Å². The first-order chi connectivity index (χ1) is 22.1. The molecule has 0 atom stereocenters. The number of nitrogens with zero attached hydrogens (tertiary/aromatic N) is 1. The summed E-state index contributed by atoms with van der Waals surface area (Å²) in [6.45, 7) is 7.80. The number of para-hydroxylation sites is 1. The van der Waals surface area contributed by atoms with Crippen LogP contribution in [0.1, 0.15) is 68.9 Å². The highest BCUT2D eigenvalue weighted by Crippen LogP contribution is 2.42. The maximum absolute atomic E-state index is 14.1. The molecule has 0 aliphatic heterocycles. The molecule has 0 saturated carbocycles. The molecule has 4 rings (SSSR count). The molecule has 0 aliphatic carbocycles. The highest BCUT2D eigenvalue weighted by Gasteiger charge is 2.31. The van der Waals surface area contributed by atoms with Crippen LogP contribution in [0, 0.1) is 5.82 Å². The third kappa shape index (κ3) is 9.72. The second kappa shape index (κ2) is 17.8. The van der Waals surface area contributed by atoms with E-state index in [2.05, 4.69) is 5.32 Å². The Morgan fingerprint density at radius 2 is 1.41 bits per heavy atom. The van der Waals surface area contributed by atoms with Crippen LogP contribution < -0.4 is 5.32 Å². The number of esters is 1. The standard InChI is InChI=1S/C35H35FN2O5.C2H5Cl/c1-4-43-30(41)22-29(40)21-28(39)19-20-38-33(23(2)3)32(35(42)37-27-13-9-6-10-14-27)31(24-11-7-5-8-12-24)34(38)25-15-17-26(36)18-16-25;1-2-3/h5-18,23H,4,19-22H2,1-3H3,(H,37,42);2H2,1H3. The number of nitrogens with one attached hydrogen (secondary N) is 1. The minimum atomic E-state index is -0.659. The molecule has 0 bridgehead atoms. The minimum absolute atomic E-state index is 0.00880. The SMILES string of the molecule is CCCl.CCOC(=O)CC(=O)CC(=O)CCn1c(-c2ccc(F)cc2)c(-c2ccccc2)c(C(=O)Nc2ccccc2)c1C(C)C. The molecule has 0 saturated heterocycles. The maximum atomic E-state index is 14.1. The topological polar surface area (TPSA) is 94.5 Å². The number of alkyl halides is 1. The van der Waals surface area contributed by atoms with E-state index >= 15 is 0 Å². The van der Waals surface area contributed by atoms with Crippen LogP contribution in [-0.2, 0) is 25.7 Å². The summed E-state index contributed by atoms with van der Waals surface area (Å²) < 4.78 is 20.8. The lowest BCUT2D eigenvalue weighted by Gasteiger charge is -2.17. The van der Waals surface area contributed by atoms with Crippen LogP contribution in [0.4, 0.5) is 10.1 Å². The van der Waals surface area contributed by atoms with Crippen LogP contribution in [0.5, 0.6) is 0 Å².